The van der Waals surface area contributed by atoms with Gasteiger partial charge in [0.15, 0.2) is 5.16 Å². The number of urea groups is 1. The fourth-order valence-corrected chi connectivity index (χ4v) is 4.41. The first kappa shape index (κ1) is 24.7. The number of amides is 4. The number of aromatic nitrogens is 3. The van der Waals surface area contributed by atoms with Crippen LogP contribution in [-0.2, 0) is 27.3 Å². The second-order valence-corrected chi connectivity index (χ2v) is 9.44. The summed E-state index contributed by atoms with van der Waals surface area (Å²) in [5, 5.41) is 13.4. The van der Waals surface area contributed by atoms with Gasteiger partial charge in [-0.15, -0.1) is 10.2 Å². The lowest BCUT2D eigenvalue weighted by molar-refractivity contribution is -0.119. The van der Waals surface area contributed by atoms with Crippen molar-refractivity contribution >= 4 is 35.3 Å². The van der Waals surface area contributed by atoms with Crippen molar-refractivity contribution in [3.63, 3.8) is 0 Å². The summed E-state index contributed by atoms with van der Waals surface area (Å²) in [6, 6.07) is 5.04. The van der Waals surface area contributed by atoms with Crippen LogP contribution in [0.4, 0.5) is 10.5 Å². The van der Waals surface area contributed by atoms with Crippen LogP contribution in [0.1, 0.15) is 43.1 Å². The minimum atomic E-state index is -0.605. The van der Waals surface area contributed by atoms with Crippen molar-refractivity contribution in [3.05, 3.63) is 35.2 Å². The number of ether oxygens (including phenoxy) is 1. The predicted octanol–water partition coefficient (Wildman–Crippen LogP) is 2.32. The Labute approximate surface area is 197 Å². The van der Waals surface area contributed by atoms with Crippen LogP contribution in [0.5, 0.6) is 0 Å². The number of carbonyl (C=O) groups is 3. The van der Waals surface area contributed by atoms with Crippen LogP contribution in [-0.4, -0.2) is 50.6 Å². The van der Waals surface area contributed by atoms with Crippen molar-refractivity contribution in [1.82, 2.24) is 20.1 Å². The summed E-state index contributed by atoms with van der Waals surface area (Å²) in [4.78, 5) is 36.2. The Bertz CT molecular complexity index is 1020. The van der Waals surface area contributed by atoms with Crippen molar-refractivity contribution in [2.24, 2.45) is 5.73 Å². The van der Waals surface area contributed by atoms with E-state index in [1.165, 1.54) is 11.8 Å². The van der Waals surface area contributed by atoms with Gasteiger partial charge in [-0.05, 0) is 45.2 Å². The number of rotatable bonds is 9. The molecule has 4 amide bonds. The standard InChI is InChI=1S/C22H30N6O4S/c1-13-6-7-17(14(2)11-13)24-21(31)25-20(30)15(3)33-22-27-26-19(9-8-18(23)29)28(22)12-16-5-4-10-32-16/h6-7,11,15-16H,4-5,8-10,12H2,1-3H3,(H2,23,29)(H2,24,25,30,31). The van der Waals surface area contributed by atoms with E-state index in [2.05, 4.69) is 20.8 Å². The van der Waals surface area contributed by atoms with Crippen LogP contribution < -0.4 is 16.4 Å². The van der Waals surface area contributed by atoms with E-state index in [4.69, 9.17) is 10.5 Å². The molecular weight excluding hydrogens is 444 g/mol. The molecule has 0 spiro atoms. The van der Waals surface area contributed by atoms with Gasteiger partial charge in [-0.2, -0.15) is 0 Å². The quantitative estimate of drug-likeness (QED) is 0.474. The van der Waals surface area contributed by atoms with Crippen LogP contribution in [0.3, 0.4) is 0 Å². The van der Waals surface area contributed by atoms with E-state index in [1.807, 2.05) is 30.5 Å². The summed E-state index contributed by atoms with van der Waals surface area (Å²) in [6.07, 6.45) is 2.45. The van der Waals surface area contributed by atoms with Crippen molar-refractivity contribution in [2.45, 2.75) is 69.5 Å². The average Bonchev–Trinajstić information content (AvgIpc) is 3.39. The first-order valence-electron chi connectivity index (χ1n) is 10.9. The lowest BCUT2D eigenvalue weighted by atomic mass is 10.1. The third-order valence-electron chi connectivity index (χ3n) is 5.32. The molecule has 1 aromatic carbocycles. The molecule has 0 aliphatic carbocycles. The van der Waals surface area contributed by atoms with Crippen LogP contribution in [0, 0.1) is 13.8 Å². The van der Waals surface area contributed by atoms with Gasteiger partial charge in [0.05, 0.1) is 17.9 Å². The molecule has 1 saturated heterocycles. The van der Waals surface area contributed by atoms with E-state index in [0.717, 1.165) is 24.0 Å². The molecular formula is C22H30N6O4S. The minimum absolute atomic E-state index is 0.0281. The molecule has 3 rings (SSSR count). The molecule has 1 aromatic heterocycles. The van der Waals surface area contributed by atoms with Gasteiger partial charge in [-0.25, -0.2) is 4.79 Å². The SMILES string of the molecule is Cc1ccc(NC(=O)NC(=O)C(C)Sc2nnc(CCC(N)=O)n2CC2CCCO2)c(C)c1. The van der Waals surface area contributed by atoms with E-state index in [9.17, 15) is 14.4 Å². The molecule has 0 saturated carbocycles. The van der Waals surface area contributed by atoms with Crippen molar-refractivity contribution < 1.29 is 19.1 Å². The van der Waals surface area contributed by atoms with Gasteiger partial charge < -0.3 is 20.4 Å². The normalized spacial score (nSPS) is 16.4. The predicted molar refractivity (Wildman–Crippen MR) is 125 cm³/mol. The number of hydrogen-bond acceptors (Lipinski definition) is 7. The first-order valence-corrected chi connectivity index (χ1v) is 11.8. The number of imide groups is 1. The molecule has 0 radical (unpaired) electrons. The summed E-state index contributed by atoms with van der Waals surface area (Å²) >= 11 is 1.20. The molecule has 0 bridgehead atoms. The Balaban J connectivity index is 1.63. The molecule has 178 valence electrons. The smallest absolute Gasteiger partial charge is 0.325 e. The zero-order valence-electron chi connectivity index (χ0n) is 19.1. The second-order valence-electron chi connectivity index (χ2n) is 8.13. The lowest BCUT2D eigenvalue weighted by Crippen LogP contribution is -2.39. The Hall–Kier alpha value is -2.92. The zero-order valence-corrected chi connectivity index (χ0v) is 19.9. The highest BCUT2D eigenvalue weighted by Crippen LogP contribution is 2.25. The van der Waals surface area contributed by atoms with Gasteiger partial charge in [-0.3, -0.25) is 14.9 Å². The van der Waals surface area contributed by atoms with Gasteiger partial charge in [0.25, 0.3) is 0 Å². The highest BCUT2D eigenvalue weighted by atomic mass is 32.2. The number of aryl methyl sites for hydroxylation is 3. The highest BCUT2D eigenvalue weighted by Gasteiger charge is 2.25. The Kier molecular flexibility index (Phi) is 8.45. The van der Waals surface area contributed by atoms with Crippen molar-refractivity contribution in [2.75, 3.05) is 11.9 Å². The number of nitrogens with one attached hydrogen (secondary N) is 2. The Morgan fingerprint density at radius 3 is 2.76 bits per heavy atom. The zero-order chi connectivity index (χ0) is 24.0. The molecule has 2 heterocycles. The molecule has 4 N–H and O–H groups in total. The van der Waals surface area contributed by atoms with E-state index < -0.39 is 23.1 Å². The van der Waals surface area contributed by atoms with Gasteiger partial charge in [0.1, 0.15) is 5.82 Å². The average molecular weight is 475 g/mol. The van der Waals surface area contributed by atoms with Crippen molar-refractivity contribution in [3.8, 4) is 0 Å². The number of carbonyl (C=O) groups excluding carboxylic acids is 3. The van der Waals surface area contributed by atoms with Crippen LogP contribution in [0.2, 0.25) is 0 Å². The molecule has 1 aliphatic heterocycles. The number of nitrogens with two attached hydrogens (primary N) is 1. The van der Waals surface area contributed by atoms with Gasteiger partial charge in [0.2, 0.25) is 11.8 Å². The number of benzene rings is 1. The molecule has 1 aliphatic rings. The largest absolute Gasteiger partial charge is 0.376 e. The number of anilines is 1. The number of thioether (sulfide) groups is 1. The molecule has 2 aromatic rings. The van der Waals surface area contributed by atoms with Crippen LogP contribution >= 0.6 is 11.8 Å². The van der Waals surface area contributed by atoms with Gasteiger partial charge in [-0.1, -0.05) is 29.5 Å². The van der Waals surface area contributed by atoms with E-state index >= 15 is 0 Å². The van der Waals surface area contributed by atoms with Crippen LogP contribution in [0.15, 0.2) is 23.4 Å². The van der Waals surface area contributed by atoms with Gasteiger partial charge in [0, 0.05) is 25.1 Å². The maximum atomic E-state index is 12.6. The van der Waals surface area contributed by atoms with Gasteiger partial charge >= 0.3 is 6.03 Å². The summed E-state index contributed by atoms with van der Waals surface area (Å²) in [5.41, 5.74) is 7.92. The number of nitrogens with zero attached hydrogens (tertiary/aromatic N) is 3. The Morgan fingerprint density at radius 2 is 2.09 bits per heavy atom. The fourth-order valence-electron chi connectivity index (χ4n) is 3.53. The molecule has 1 fully saturated rings. The first-order chi connectivity index (χ1) is 15.7. The minimum Gasteiger partial charge on any atom is -0.376 e. The van der Waals surface area contributed by atoms with E-state index in [1.54, 1.807) is 13.0 Å². The molecule has 2 unspecified atom stereocenters. The molecule has 11 heteroatoms. The lowest BCUT2D eigenvalue weighted by Gasteiger charge is -2.16. The third kappa shape index (κ3) is 7.03. The van der Waals surface area contributed by atoms with E-state index in [0.29, 0.717) is 36.2 Å². The van der Waals surface area contributed by atoms with Crippen molar-refractivity contribution in [1.29, 1.82) is 0 Å². The summed E-state index contributed by atoms with van der Waals surface area (Å²) < 4.78 is 7.61. The summed E-state index contributed by atoms with van der Waals surface area (Å²) in [5.74, 6) is -0.252. The monoisotopic (exact) mass is 474 g/mol. The highest BCUT2D eigenvalue weighted by molar-refractivity contribution is 8.00. The summed E-state index contributed by atoms with van der Waals surface area (Å²) in [7, 11) is 0. The van der Waals surface area contributed by atoms with Crippen LogP contribution in [0.25, 0.3) is 0 Å². The third-order valence-corrected chi connectivity index (χ3v) is 6.40. The number of hydrogen-bond donors (Lipinski definition) is 3. The summed E-state index contributed by atoms with van der Waals surface area (Å²) in [6.45, 7) is 6.79. The maximum Gasteiger partial charge on any atom is 0.325 e. The topological polar surface area (TPSA) is 141 Å². The maximum absolute atomic E-state index is 12.6. The number of primary amides is 1. The molecule has 10 nitrogen and oxygen atoms in total. The fraction of sp³-hybridized carbons (Fsp3) is 0.500. The molecule has 33 heavy (non-hydrogen) atoms. The molecule has 2 atom stereocenters. The van der Waals surface area contributed by atoms with E-state index in [-0.39, 0.29) is 12.5 Å². The Morgan fingerprint density at radius 1 is 1.30 bits per heavy atom. The second kappa shape index (κ2) is 11.3.